The molecule has 1 atom stereocenters. The number of nitrogens with one attached hydrogen (secondary N) is 1. The molecule has 0 aromatic carbocycles. The Bertz CT molecular complexity index is 422. The lowest BCUT2D eigenvalue weighted by atomic mass is 10.2. The van der Waals surface area contributed by atoms with Gasteiger partial charge in [-0.25, -0.2) is 15.8 Å². The average Bonchev–Trinajstić information content (AvgIpc) is 2.98. The maximum atomic E-state index is 5.40. The van der Waals surface area contributed by atoms with E-state index in [2.05, 4.69) is 25.2 Å². The number of aromatic nitrogens is 2. The van der Waals surface area contributed by atoms with Crippen molar-refractivity contribution < 1.29 is 4.74 Å². The third-order valence-electron chi connectivity index (χ3n) is 3.85. The van der Waals surface area contributed by atoms with Gasteiger partial charge in [0.15, 0.2) is 0 Å². The molecule has 3 N–H and O–H groups in total. The third-order valence-corrected chi connectivity index (χ3v) is 3.85. The van der Waals surface area contributed by atoms with E-state index < -0.39 is 0 Å². The Kier molecular flexibility index (Phi) is 3.77. The van der Waals surface area contributed by atoms with Crippen LogP contribution < -0.4 is 16.2 Å². The topological polar surface area (TPSA) is 79.5 Å². The molecule has 1 aromatic heterocycles. The monoisotopic (exact) mass is 264 g/mol. The number of nitrogen functional groups attached to an aromatic ring is 1. The predicted octanol–water partition coefficient (Wildman–Crippen LogP) is -0.327. The minimum Gasteiger partial charge on any atom is -0.379 e. The molecule has 2 aliphatic rings. The van der Waals surface area contributed by atoms with Gasteiger partial charge in [0.1, 0.15) is 18.0 Å². The summed E-state index contributed by atoms with van der Waals surface area (Å²) in [5.74, 6) is 6.98. The van der Waals surface area contributed by atoms with Crippen molar-refractivity contribution in [2.75, 3.05) is 49.7 Å². The van der Waals surface area contributed by atoms with Gasteiger partial charge in [-0.05, 0) is 6.42 Å². The second kappa shape index (κ2) is 5.68. The zero-order chi connectivity index (χ0) is 13.1. The van der Waals surface area contributed by atoms with Crippen LogP contribution in [0.4, 0.5) is 11.6 Å². The summed E-state index contributed by atoms with van der Waals surface area (Å²) >= 11 is 0. The molecule has 2 aliphatic heterocycles. The van der Waals surface area contributed by atoms with Gasteiger partial charge in [-0.3, -0.25) is 4.90 Å². The Morgan fingerprint density at radius 2 is 2.11 bits per heavy atom. The van der Waals surface area contributed by atoms with Crippen LogP contribution in [0.2, 0.25) is 0 Å². The summed E-state index contributed by atoms with van der Waals surface area (Å²) in [4.78, 5) is 13.2. The summed E-state index contributed by atoms with van der Waals surface area (Å²) in [6.07, 6.45) is 2.72. The molecular formula is C12H20N6O. The van der Waals surface area contributed by atoms with Gasteiger partial charge >= 0.3 is 0 Å². The van der Waals surface area contributed by atoms with Crippen LogP contribution in [0.15, 0.2) is 12.4 Å². The van der Waals surface area contributed by atoms with E-state index in [0.717, 1.165) is 45.2 Å². The number of nitrogens with zero attached hydrogens (tertiary/aromatic N) is 4. The van der Waals surface area contributed by atoms with Gasteiger partial charge in [0.05, 0.1) is 13.2 Å². The maximum Gasteiger partial charge on any atom is 0.145 e. The van der Waals surface area contributed by atoms with Gasteiger partial charge < -0.3 is 15.1 Å². The molecule has 0 aliphatic carbocycles. The van der Waals surface area contributed by atoms with E-state index in [-0.39, 0.29) is 0 Å². The lowest BCUT2D eigenvalue weighted by Crippen LogP contribution is -2.44. The molecule has 2 fully saturated rings. The molecule has 0 radical (unpaired) electrons. The molecule has 104 valence electrons. The first-order valence-electron chi connectivity index (χ1n) is 6.72. The van der Waals surface area contributed by atoms with Crippen molar-refractivity contribution >= 4 is 11.6 Å². The largest absolute Gasteiger partial charge is 0.379 e. The fourth-order valence-corrected chi connectivity index (χ4v) is 2.79. The molecule has 3 heterocycles. The number of rotatable bonds is 3. The molecular weight excluding hydrogens is 244 g/mol. The summed E-state index contributed by atoms with van der Waals surface area (Å²) in [5, 5.41) is 0. The molecule has 1 unspecified atom stereocenters. The van der Waals surface area contributed by atoms with E-state index in [4.69, 9.17) is 10.6 Å². The van der Waals surface area contributed by atoms with Gasteiger partial charge in [-0.1, -0.05) is 0 Å². The standard InChI is InChI=1S/C12H20N6O/c13-16-11-7-12(15-9-14-11)18-2-1-10(8-18)17-3-5-19-6-4-17/h7,9-10H,1-6,8,13H2,(H,14,15,16). The first kappa shape index (κ1) is 12.6. The van der Waals surface area contributed by atoms with E-state index in [1.54, 1.807) is 6.33 Å². The van der Waals surface area contributed by atoms with Gasteiger partial charge in [0, 0.05) is 38.3 Å². The Labute approximate surface area is 112 Å². The summed E-state index contributed by atoms with van der Waals surface area (Å²) in [5.41, 5.74) is 2.56. The maximum absolute atomic E-state index is 5.40. The van der Waals surface area contributed by atoms with Gasteiger partial charge in [-0.15, -0.1) is 0 Å². The average molecular weight is 264 g/mol. The predicted molar refractivity (Wildman–Crippen MR) is 72.9 cm³/mol. The molecule has 7 heteroatoms. The van der Waals surface area contributed by atoms with Crippen molar-refractivity contribution in [2.24, 2.45) is 5.84 Å². The van der Waals surface area contributed by atoms with Gasteiger partial charge in [-0.2, -0.15) is 0 Å². The number of anilines is 2. The normalized spacial score (nSPS) is 24.7. The number of hydrogen-bond acceptors (Lipinski definition) is 7. The van der Waals surface area contributed by atoms with Crippen LogP contribution in [-0.4, -0.2) is 60.3 Å². The van der Waals surface area contributed by atoms with Crippen molar-refractivity contribution in [2.45, 2.75) is 12.5 Å². The van der Waals surface area contributed by atoms with Crippen LogP contribution in [0.25, 0.3) is 0 Å². The highest BCUT2D eigenvalue weighted by Gasteiger charge is 2.29. The van der Waals surface area contributed by atoms with E-state index in [9.17, 15) is 0 Å². The molecule has 0 bridgehead atoms. The Balaban J connectivity index is 1.64. The van der Waals surface area contributed by atoms with E-state index in [1.807, 2.05) is 6.07 Å². The van der Waals surface area contributed by atoms with Crippen LogP contribution in [0.3, 0.4) is 0 Å². The number of hydrogen-bond donors (Lipinski definition) is 2. The summed E-state index contributed by atoms with van der Waals surface area (Å²) in [6.45, 7) is 5.83. The number of nitrogens with two attached hydrogens (primary N) is 1. The first-order chi connectivity index (χ1) is 9.36. The lowest BCUT2D eigenvalue weighted by molar-refractivity contribution is 0.0209. The Hall–Kier alpha value is -1.44. The van der Waals surface area contributed by atoms with Crippen LogP contribution in [0.1, 0.15) is 6.42 Å². The van der Waals surface area contributed by atoms with Crippen molar-refractivity contribution in [3.05, 3.63) is 12.4 Å². The summed E-state index contributed by atoms with van der Waals surface area (Å²) in [6, 6.07) is 2.50. The van der Waals surface area contributed by atoms with Gasteiger partial charge in [0.2, 0.25) is 0 Å². The molecule has 0 spiro atoms. The molecule has 19 heavy (non-hydrogen) atoms. The number of hydrazine groups is 1. The summed E-state index contributed by atoms with van der Waals surface area (Å²) in [7, 11) is 0. The SMILES string of the molecule is NNc1cc(N2CCC(N3CCOCC3)C2)ncn1. The second-order valence-corrected chi connectivity index (χ2v) is 4.94. The first-order valence-corrected chi connectivity index (χ1v) is 6.72. The number of ether oxygens (including phenoxy) is 1. The van der Waals surface area contributed by atoms with E-state index in [0.29, 0.717) is 11.9 Å². The Morgan fingerprint density at radius 3 is 2.89 bits per heavy atom. The smallest absolute Gasteiger partial charge is 0.145 e. The van der Waals surface area contributed by atoms with Crippen molar-refractivity contribution in [1.29, 1.82) is 0 Å². The highest BCUT2D eigenvalue weighted by atomic mass is 16.5. The molecule has 7 nitrogen and oxygen atoms in total. The zero-order valence-corrected chi connectivity index (χ0v) is 11.0. The molecule has 3 rings (SSSR count). The van der Waals surface area contributed by atoms with Crippen molar-refractivity contribution in [3.8, 4) is 0 Å². The Morgan fingerprint density at radius 1 is 1.26 bits per heavy atom. The fourth-order valence-electron chi connectivity index (χ4n) is 2.79. The molecule has 0 saturated carbocycles. The van der Waals surface area contributed by atoms with Crippen LogP contribution in [0.5, 0.6) is 0 Å². The fraction of sp³-hybridized carbons (Fsp3) is 0.667. The van der Waals surface area contributed by atoms with E-state index in [1.165, 1.54) is 6.42 Å². The minimum absolute atomic E-state index is 0.605. The summed E-state index contributed by atoms with van der Waals surface area (Å²) < 4.78 is 5.40. The lowest BCUT2D eigenvalue weighted by Gasteiger charge is -2.32. The van der Waals surface area contributed by atoms with Crippen LogP contribution in [0, 0.1) is 0 Å². The van der Waals surface area contributed by atoms with Crippen molar-refractivity contribution in [3.63, 3.8) is 0 Å². The molecule has 0 amide bonds. The quantitative estimate of drug-likeness (QED) is 0.572. The zero-order valence-electron chi connectivity index (χ0n) is 11.0. The van der Waals surface area contributed by atoms with Crippen molar-refractivity contribution in [1.82, 2.24) is 14.9 Å². The van der Waals surface area contributed by atoms with Gasteiger partial charge in [0.25, 0.3) is 0 Å². The van der Waals surface area contributed by atoms with E-state index >= 15 is 0 Å². The molecule has 2 saturated heterocycles. The van der Waals surface area contributed by atoms with Crippen LogP contribution in [-0.2, 0) is 4.74 Å². The third kappa shape index (κ3) is 2.78. The number of morpholine rings is 1. The molecule has 1 aromatic rings. The minimum atomic E-state index is 0.605. The highest BCUT2D eigenvalue weighted by molar-refractivity contribution is 5.48. The second-order valence-electron chi connectivity index (χ2n) is 4.94. The van der Waals surface area contributed by atoms with Crippen LogP contribution >= 0.6 is 0 Å². The highest BCUT2D eigenvalue weighted by Crippen LogP contribution is 2.22.